The molecule has 1 N–H and O–H groups in total. The lowest BCUT2D eigenvalue weighted by Gasteiger charge is -2.13. The fraction of sp³-hybridized carbons (Fsp3) is 0.250. The van der Waals surface area contributed by atoms with E-state index in [9.17, 15) is 9.59 Å². The molecule has 33 heavy (non-hydrogen) atoms. The van der Waals surface area contributed by atoms with Crippen molar-refractivity contribution in [1.82, 2.24) is 19.5 Å². The molecule has 0 atom stereocenters. The highest BCUT2D eigenvalue weighted by molar-refractivity contribution is 7.98. The summed E-state index contributed by atoms with van der Waals surface area (Å²) in [6.07, 6.45) is 5.81. The van der Waals surface area contributed by atoms with Crippen molar-refractivity contribution in [3.8, 4) is 0 Å². The highest BCUT2D eigenvalue weighted by Crippen LogP contribution is 2.35. The van der Waals surface area contributed by atoms with Crippen molar-refractivity contribution in [3.05, 3.63) is 85.4 Å². The van der Waals surface area contributed by atoms with E-state index in [1.54, 1.807) is 28.2 Å². The summed E-state index contributed by atoms with van der Waals surface area (Å²) in [7, 11) is 0. The van der Waals surface area contributed by atoms with Crippen molar-refractivity contribution >= 4 is 44.2 Å². The van der Waals surface area contributed by atoms with Crippen LogP contribution in [-0.2, 0) is 25.1 Å². The molecule has 0 saturated heterocycles. The van der Waals surface area contributed by atoms with Crippen LogP contribution >= 0.6 is 23.1 Å². The van der Waals surface area contributed by atoms with Gasteiger partial charge in [0.15, 0.2) is 5.16 Å². The highest BCUT2D eigenvalue weighted by Gasteiger charge is 2.23. The molecule has 0 fully saturated rings. The van der Waals surface area contributed by atoms with Gasteiger partial charge < -0.3 is 9.40 Å². The number of thiophene rings is 1. The van der Waals surface area contributed by atoms with Gasteiger partial charge in [-0.1, -0.05) is 23.9 Å². The number of aromatic nitrogens is 4. The van der Waals surface area contributed by atoms with Gasteiger partial charge in [-0.15, -0.1) is 11.3 Å². The van der Waals surface area contributed by atoms with Gasteiger partial charge in [-0.05, 0) is 55.5 Å². The summed E-state index contributed by atoms with van der Waals surface area (Å²) in [5, 5.41) is 1.91. The molecule has 0 saturated carbocycles. The number of aryl methyl sites for hydroxylation is 2. The lowest BCUT2D eigenvalue weighted by atomic mass is 9.97. The van der Waals surface area contributed by atoms with Crippen LogP contribution in [0.25, 0.3) is 21.1 Å². The summed E-state index contributed by atoms with van der Waals surface area (Å²) in [5.74, 6) is 1.64. The molecule has 1 aliphatic carbocycles. The van der Waals surface area contributed by atoms with E-state index in [1.165, 1.54) is 22.2 Å². The van der Waals surface area contributed by atoms with Crippen LogP contribution in [0.4, 0.5) is 0 Å². The lowest BCUT2D eigenvalue weighted by Crippen LogP contribution is -2.24. The predicted molar refractivity (Wildman–Crippen MR) is 130 cm³/mol. The van der Waals surface area contributed by atoms with E-state index in [1.807, 2.05) is 30.3 Å². The Labute approximate surface area is 196 Å². The molecule has 9 heteroatoms. The minimum absolute atomic E-state index is 0.0294. The molecular weight excluding hydrogens is 456 g/mol. The minimum Gasteiger partial charge on any atom is -0.467 e. The van der Waals surface area contributed by atoms with Crippen molar-refractivity contribution in [2.75, 3.05) is 0 Å². The summed E-state index contributed by atoms with van der Waals surface area (Å²) < 4.78 is 7.21. The van der Waals surface area contributed by atoms with Crippen LogP contribution in [0.1, 0.15) is 34.9 Å². The van der Waals surface area contributed by atoms with Crippen LogP contribution < -0.4 is 11.1 Å². The molecular formula is C24H20N4O3S2. The molecule has 166 valence electrons. The standard InChI is InChI=1S/C24H20N4O3S2/c29-21-15-7-1-3-9-17(15)25-19(26-21)13-32-24-27-22-20(16-8-2-4-10-18(16)33-22)23(30)28(24)12-14-6-5-11-31-14/h1,3,5-7,9,11H,2,4,8,10,12-13H2,(H,25,26,29). The zero-order chi connectivity index (χ0) is 22.4. The number of nitrogens with one attached hydrogen (secondary N) is 1. The van der Waals surface area contributed by atoms with E-state index in [2.05, 4.69) is 9.97 Å². The molecule has 4 heterocycles. The number of H-pyrrole nitrogens is 1. The van der Waals surface area contributed by atoms with Crippen molar-refractivity contribution in [2.24, 2.45) is 0 Å². The number of furan rings is 1. The Kier molecular flexibility index (Phi) is 5.15. The van der Waals surface area contributed by atoms with Crippen LogP contribution in [0.2, 0.25) is 0 Å². The maximum absolute atomic E-state index is 13.7. The first kappa shape index (κ1) is 20.4. The summed E-state index contributed by atoms with van der Waals surface area (Å²) in [4.78, 5) is 40.5. The number of benzene rings is 1. The molecule has 6 rings (SSSR count). The molecule has 5 aromatic rings. The first-order chi connectivity index (χ1) is 16.2. The zero-order valence-corrected chi connectivity index (χ0v) is 19.3. The summed E-state index contributed by atoms with van der Waals surface area (Å²) in [5.41, 5.74) is 1.62. The van der Waals surface area contributed by atoms with Gasteiger partial charge in [0.25, 0.3) is 11.1 Å². The Morgan fingerprint density at radius 3 is 2.85 bits per heavy atom. The molecule has 0 unspecified atom stereocenters. The number of thioether (sulfide) groups is 1. The minimum atomic E-state index is -0.168. The second kappa shape index (κ2) is 8.31. The molecule has 7 nitrogen and oxygen atoms in total. The summed E-state index contributed by atoms with van der Waals surface area (Å²) >= 11 is 3.03. The van der Waals surface area contributed by atoms with E-state index in [-0.39, 0.29) is 11.1 Å². The largest absolute Gasteiger partial charge is 0.467 e. The fourth-order valence-electron chi connectivity index (χ4n) is 4.36. The molecule has 0 bridgehead atoms. The van der Waals surface area contributed by atoms with E-state index >= 15 is 0 Å². The Morgan fingerprint density at radius 2 is 1.97 bits per heavy atom. The van der Waals surface area contributed by atoms with Gasteiger partial charge in [0.2, 0.25) is 0 Å². The van der Waals surface area contributed by atoms with Gasteiger partial charge in [0.05, 0.1) is 34.8 Å². The average Bonchev–Trinajstić information content (AvgIpc) is 3.47. The lowest BCUT2D eigenvalue weighted by molar-refractivity contribution is 0.476. The summed E-state index contributed by atoms with van der Waals surface area (Å²) in [6.45, 7) is 0.309. The third-order valence-electron chi connectivity index (χ3n) is 5.93. The first-order valence-corrected chi connectivity index (χ1v) is 12.7. The van der Waals surface area contributed by atoms with Crippen LogP contribution in [0.5, 0.6) is 0 Å². The Bertz CT molecular complexity index is 1600. The molecule has 0 radical (unpaired) electrons. The number of hydrogen-bond donors (Lipinski definition) is 1. The predicted octanol–water partition coefficient (Wildman–Crippen LogP) is 4.51. The van der Waals surface area contributed by atoms with E-state index in [0.717, 1.165) is 35.9 Å². The van der Waals surface area contributed by atoms with Crippen molar-refractivity contribution in [2.45, 2.75) is 43.1 Å². The molecule has 0 spiro atoms. The van der Waals surface area contributed by atoms with Crippen LogP contribution in [0.15, 0.2) is 61.8 Å². The van der Waals surface area contributed by atoms with E-state index in [0.29, 0.717) is 39.9 Å². The van der Waals surface area contributed by atoms with Gasteiger partial charge in [-0.2, -0.15) is 0 Å². The van der Waals surface area contributed by atoms with Crippen LogP contribution in [0, 0.1) is 0 Å². The monoisotopic (exact) mass is 476 g/mol. The molecule has 1 aromatic carbocycles. The number of aromatic amines is 1. The second-order valence-corrected chi connectivity index (χ2v) is 10.1. The second-order valence-electron chi connectivity index (χ2n) is 8.07. The molecule has 1 aliphatic rings. The zero-order valence-electron chi connectivity index (χ0n) is 17.7. The smallest absolute Gasteiger partial charge is 0.263 e. The van der Waals surface area contributed by atoms with E-state index in [4.69, 9.17) is 9.40 Å². The third-order valence-corrected chi connectivity index (χ3v) is 8.11. The van der Waals surface area contributed by atoms with Crippen molar-refractivity contribution in [1.29, 1.82) is 0 Å². The first-order valence-electron chi connectivity index (χ1n) is 10.9. The van der Waals surface area contributed by atoms with Crippen molar-refractivity contribution < 1.29 is 4.42 Å². The van der Waals surface area contributed by atoms with Crippen molar-refractivity contribution in [3.63, 3.8) is 0 Å². The number of hydrogen-bond acceptors (Lipinski definition) is 7. The topological polar surface area (TPSA) is 93.8 Å². The van der Waals surface area contributed by atoms with Crippen LogP contribution in [-0.4, -0.2) is 19.5 Å². The van der Waals surface area contributed by atoms with E-state index < -0.39 is 0 Å². The maximum atomic E-state index is 13.7. The number of nitrogens with zero attached hydrogens (tertiary/aromatic N) is 3. The average molecular weight is 477 g/mol. The SMILES string of the molecule is O=c1[nH]c(CSc2nc3sc4c(c3c(=O)n2Cc2ccco2)CCCC4)nc2ccccc12. The van der Waals surface area contributed by atoms with Crippen LogP contribution in [0.3, 0.4) is 0 Å². The fourth-order valence-corrected chi connectivity index (χ4v) is 6.54. The maximum Gasteiger partial charge on any atom is 0.263 e. The normalized spacial score (nSPS) is 13.6. The molecule has 0 amide bonds. The molecule has 4 aromatic heterocycles. The Hall–Kier alpha value is -3.17. The Balaban J connectivity index is 1.43. The Morgan fingerprint density at radius 1 is 1.09 bits per heavy atom. The number of rotatable bonds is 5. The van der Waals surface area contributed by atoms with Gasteiger partial charge in [-0.25, -0.2) is 9.97 Å². The summed E-state index contributed by atoms with van der Waals surface area (Å²) in [6, 6.07) is 10.9. The number of para-hydroxylation sites is 1. The highest BCUT2D eigenvalue weighted by atomic mass is 32.2. The third kappa shape index (κ3) is 3.71. The van der Waals surface area contributed by atoms with Gasteiger partial charge >= 0.3 is 0 Å². The van der Waals surface area contributed by atoms with Gasteiger partial charge in [-0.3, -0.25) is 14.2 Å². The quantitative estimate of drug-likeness (QED) is 0.296. The molecule has 0 aliphatic heterocycles. The number of fused-ring (bicyclic) bond motifs is 4. The van der Waals surface area contributed by atoms with Gasteiger partial charge in [0.1, 0.15) is 16.4 Å². The van der Waals surface area contributed by atoms with Gasteiger partial charge in [0, 0.05) is 4.88 Å².